The van der Waals surface area contributed by atoms with Crippen LogP contribution in [0.25, 0.3) is 0 Å². The van der Waals surface area contributed by atoms with E-state index in [1.165, 1.54) is 4.90 Å². The molecule has 2 aliphatic rings. The summed E-state index contributed by atoms with van der Waals surface area (Å²) in [6, 6.07) is 7.16. The van der Waals surface area contributed by atoms with Crippen LogP contribution in [0.5, 0.6) is 0 Å². The maximum atomic E-state index is 12.9. The van der Waals surface area contributed by atoms with Gasteiger partial charge >= 0.3 is 6.03 Å². The molecule has 0 spiro atoms. The van der Waals surface area contributed by atoms with E-state index in [2.05, 4.69) is 27.9 Å². The van der Waals surface area contributed by atoms with Crippen molar-refractivity contribution in [2.45, 2.75) is 36.6 Å². The average molecular weight is 441 g/mol. The number of urea groups is 1. The first-order valence-corrected chi connectivity index (χ1v) is 9.96. The van der Waals surface area contributed by atoms with Gasteiger partial charge in [-0.3, -0.25) is 9.69 Å². The lowest BCUT2D eigenvalue weighted by Gasteiger charge is -2.25. The summed E-state index contributed by atoms with van der Waals surface area (Å²) in [5.74, 6) is 0.680. The Hall–Kier alpha value is -0.800. The Kier molecular flexibility index (Phi) is 5.48. The number of carbonyl (C=O) groups is 2. The Morgan fingerprint density at radius 1 is 1.43 bits per heavy atom. The molecule has 0 bridgehead atoms. The highest BCUT2D eigenvalue weighted by Gasteiger charge is 2.50. The molecule has 3 N–H and O–H groups in total. The van der Waals surface area contributed by atoms with Crippen LogP contribution in [0.1, 0.15) is 29.6 Å². The molecule has 5 nitrogen and oxygen atoms in total. The van der Waals surface area contributed by atoms with Crippen LogP contribution in [0.4, 0.5) is 4.79 Å². The van der Waals surface area contributed by atoms with Crippen LogP contribution < -0.4 is 11.1 Å². The summed E-state index contributed by atoms with van der Waals surface area (Å²) in [4.78, 5) is 26.6. The zero-order valence-corrected chi connectivity index (χ0v) is 15.7. The van der Waals surface area contributed by atoms with Gasteiger partial charge in [-0.25, -0.2) is 4.79 Å². The second-order valence-corrected chi connectivity index (χ2v) is 8.41. The van der Waals surface area contributed by atoms with Crippen LogP contribution in [0, 0.1) is 3.57 Å². The Bertz CT molecular complexity index is 613. The molecule has 1 aromatic carbocycles. The van der Waals surface area contributed by atoms with E-state index in [9.17, 15) is 9.59 Å². The van der Waals surface area contributed by atoms with Crippen molar-refractivity contribution in [1.82, 2.24) is 10.2 Å². The lowest BCUT2D eigenvalue weighted by atomic mass is 10.0. The molecule has 2 fully saturated rings. The Labute approximate surface area is 153 Å². The van der Waals surface area contributed by atoms with Crippen LogP contribution in [-0.4, -0.2) is 46.5 Å². The standard InChI is InChI=1S/C16H20IN3O2S/c17-11-5-3-4-10(8-11)15(21)20-14-12(19-16(20)22)9-23-13(14)6-1-2-7-18/h3-5,8,12-14H,1-2,6-7,9,18H2,(H,19,22)/t12-,13+,14+/m1/s1/i17-4. The lowest BCUT2D eigenvalue weighted by Crippen LogP contribution is -2.44. The van der Waals surface area contributed by atoms with Gasteiger partial charge in [0.2, 0.25) is 0 Å². The molecule has 0 radical (unpaired) electrons. The van der Waals surface area contributed by atoms with E-state index in [4.69, 9.17) is 5.73 Å². The van der Waals surface area contributed by atoms with E-state index in [-0.39, 0.29) is 24.0 Å². The molecule has 7 heteroatoms. The Morgan fingerprint density at radius 3 is 3.00 bits per heavy atom. The quantitative estimate of drug-likeness (QED) is 0.418. The van der Waals surface area contributed by atoms with E-state index >= 15 is 0 Å². The minimum Gasteiger partial charge on any atom is -0.332 e. The van der Waals surface area contributed by atoms with Gasteiger partial charge in [0.05, 0.1) is 12.1 Å². The summed E-state index contributed by atoms with van der Waals surface area (Å²) < 4.78 is 0.991. The molecule has 2 saturated heterocycles. The number of imide groups is 1. The highest BCUT2D eigenvalue weighted by Crippen LogP contribution is 2.38. The van der Waals surface area contributed by atoms with Crippen molar-refractivity contribution >= 4 is 46.3 Å². The first-order chi connectivity index (χ1) is 11.1. The highest BCUT2D eigenvalue weighted by atomic mass is 123. The molecule has 3 rings (SSSR count). The summed E-state index contributed by atoms with van der Waals surface area (Å²) in [6.07, 6.45) is 3.02. The number of carbonyl (C=O) groups excluding carboxylic acids is 2. The molecule has 0 aromatic heterocycles. The predicted octanol–water partition coefficient (Wildman–Crippen LogP) is 2.44. The van der Waals surface area contributed by atoms with Gasteiger partial charge in [0.15, 0.2) is 0 Å². The fourth-order valence-corrected chi connectivity index (χ4v) is 5.37. The van der Waals surface area contributed by atoms with Crippen molar-refractivity contribution in [1.29, 1.82) is 0 Å². The number of halogens is 1. The zero-order chi connectivity index (χ0) is 16.4. The third-order valence-electron chi connectivity index (χ3n) is 4.34. The fourth-order valence-electron chi connectivity index (χ4n) is 3.25. The summed E-state index contributed by atoms with van der Waals surface area (Å²) in [7, 11) is 0. The van der Waals surface area contributed by atoms with Crippen LogP contribution in [0.15, 0.2) is 24.3 Å². The van der Waals surface area contributed by atoms with Crippen LogP contribution in [-0.2, 0) is 0 Å². The third-order valence-corrected chi connectivity index (χ3v) is 6.51. The average Bonchev–Trinajstić information content (AvgIpc) is 3.05. The van der Waals surface area contributed by atoms with Gasteiger partial charge < -0.3 is 11.1 Å². The molecule has 0 saturated carbocycles. The number of hydrogen-bond donors (Lipinski definition) is 2. The molecule has 0 aliphatic carbocycles. The van der Waals surface area contributed by atoms with Gasteiger partial charge in [-0.15, -0.1) is 0 Å². The predicted molar refractivity (Wildman–Crippen MR) is 101 cm³/mol. The molecule has 1 aromatic rings. The molecule has 23 heavy (non-hydrogen) atoms. The number of amides is 3. The van der Waals surface area contributed by atoms with Crippen molar-refractivity contribution in [2.75, 3.05) is 12.3 Å². The van der Waals surface area contributed by atoms with Crippen molar-refractivity contribution in [3.05, 3.63) is 33.4 Å². The molecule has 124 valence electrons. The van der Waals surface area contributed by atoms with E-state index in [1.54, 1.807) is 6.07 Å². The number of fused-ring (bicyclic) bond motifs is 1. The maximum Gasteiger partial charge on any atom is 0.325 e. The number of nitrogens with zero attached hydrogens (tertiary/aromatic N) is 1. The Balaban J connectivity index is 1.79. The monoisotopic (exact) mass is 441 g/mol. The van der Waals surface area contributed by atoms with Gasteiger partial charge in [0.25, 0.3) is 5.91 Å². The van der Waals surface area contributed by atoms with E-state index in [0.29, 0.717) is 17.4 Å². The number of thioether (sulfide) groups is 1. The molecule has 3 atom stereocenters. The second-order valence-electron chi connectivity index (χ2n) is 5.89. The number of unbranched alkanes of at least 4 members (excludes halogenated alkanes) is 1. The number of benzene rings is 1. The summed E-state index contributed by atoms with van der Waals surface area (Å²) in [5.41, 5.74) is 6.14. The third kappa shape index (κ3) is 3.51. The van der Waals surface area contributed by atoms with Gasteiger partial charge in [-0.05, 0) is 60.2 Å². The summed E-state index contributed by atoms with van der Waals surface area (Å²) in [6.45, 7) is 0.688. The van der Waals surface area contributed by atoms with Gasteiger partial charge in [-0.2, -0.15) is 11.8 Å². The maximum absolute atomic E-state index is 12.9. The number of hydrogen-bond acceptors (Lipinski definition) is 4. The number of nitrogens with two attached hydrogens (primary N) is 1. The molecular weight excluding hydrogens is 421 g/mol. The van der Waals surface area contributed by atoms with E-state index in [1.807, 2.05) is 30.0 Å². The largest absolute Gasteiger partial charge is 0.332 e. The SMILES string of the molecule is NCCCC[C@@H]1SC[C@H]2NC(=O)N(C(=O)c3cccc([123I])c3)[C@H]12. The van der Waals surface area contributed by atoms with Gasteiger partial charge in [0, 0.05) is 20.1 Å². The lowest BCUT2D eigenvalue weighted by molar-refractivity contribution is 0.0777. The van der Waals surface area contributed by atoms with Crippen LogP contribution >= 0.6 is 34.4 Å². The normalized spacial score (nSPS) is 26.3. The molecular formula is C16H20IN3O2S. The first-order valence-electron chi connectivity index (χ1n) is 7.83. The van der Waals surface area contributed by atoms with Crippen molar-refractivity contribution in [2.24, 2.45) is 5.73 Å². The van der Waals surface area contributed by atoms with Crippen molar-refractivity contribution < 1.29 is 9.59 Å². The minimum absolute atomic E-state index is 0.0457. The highest BCUT2D eigenvalue weighted by molar-refractivity contribution is 14.1. The summed E-state index contributed by atoms with van der Waals surface area (Å²) >= 11 is 4.03. The zero-order valence-electron chi connectivity index (χ0n) is 12.7. The minimum atomic E-state index is -0.256. The first kappa shape index (κ1) is 17.0. The fraction of sp³-hybridized carbons (Fsp3) is 0.500. The van der Waals surface area contributed by atoms with Gasteiger partial charge in [0.1, 0.15) is 0 Å². The van der Waals surface area contributed by atoms with Crippen molar-refractivity contribution in [3.63, 3.8) is 0 Å². The molecule has 2 heterocycles. The second kappa shape index (κ2) is 7.40. The number of rotatable bonds is 5. The van der Waals surface area contributed by atoms with E-state index < -0.39 is 0 Å². The molecule has 3 amide bonds. The Morgan fingerprint density at radius 2 is 2.26 bits per heavy atom. The van der Waals surface area contributed by atoms with Crippen LogP contribution in [0.2, 0.25) is 0 Å². The van der Waals surface area contributed by atoms with Gasteiger partial charge in [-0.1, -0.05) is 12.5 Å². The van der Waals surface area contributed by atoms with E-state index in [0.717, 1.165) is 28.6 Å². The summed E-state index contributed by atoms with van der Waals surface area (Å²) in [5, 5.41) is 3.27. The topological polar surface area (TPSA) is 75.4 Å². The van der Waals surface area contributed by atoms with Crippen molar-refractivity contribution in [3.8, 4) is 0 Å². The molecule has 0 unspecified atom stereocenters. The molecule has 2 aliphatic heterocycles. The smallest absolute Gasteiger partial charge is 0.325 e. The van der Waals surface area contributed by atoms with Crippen LogP contribution in [0.3, 0.4) is 0 Å². The number of nitrogens with one attached hydrogen (secondary N) is 1.